The molecule has 0 amide bonds. The van der Waals surface area contributed by atoms with E-state index in [2.05, 4.69) is 17.9 Å². The average molecular weight is 221 g/mol. The maximum atomic E-state index is 8.74. The molecule has 2 nitrogen and oxygen atoms in total. The van der Waals surface area contributed by atoms with Crippen LogP contribution in [0.5, 0.6) is 0 Å². The molecule has 1 saturated heterocycles. The van der Waals surface area contributed by atoms with Crippen molar-refractivity contribution in [3.63, 3.8) is 0 Å². The summed E-state index contributed by atoms with van der Waals surface area (Å²) in [5.41, 5.74) is 1.74. The minimum absolute atomic E-state index is 0.553. The summed E-state index contributed by atoms with van der Waals surface area (Å²) in [6.07, 6.45) is 0. The Hall–Kier alpha value is -1.04. The van der Waals surface area contributed by atoms with E-state index in [9.17, 15) is 0 Å². The van der Waals surface area contributed by atoms with Gasteiger partial charge in [-0.25, -0.2) is 0 Å². The van der Waals surface area contributed by atoms with Gasteiger partial charge in [-0.15, -0.1) is 0 Å². The zero-order valence-electron chi connectivity index (χ0n) is 8.70. The van der Waals surface area contributed by atoms with Gasteiger partial charge < -0.3 is 0 Å². The molecule has 15 heavy (non-hydrogen) atoms. The highest BCUT2D eigenvalue weighted by molar-refractivity contribution is 6.31. The Morgan fingerprint density at radius 2 is 2.27 bits per heavy atom. The predicted molar refractivity (Wildman–Crippen MR) is 60.6 cm³/mol. The number of likely N-dealkylation sites (tertiary alicyclic amines) is 1. The fraction of sp³-hybridized carbons (Fsp3) is 0.417. The van der Waals surface area contributed by atoms with Crippen LogP contribution in [0.15, 0.2) is 18.2 Å². The van der Waals surface area contributed by atoms with Crippen LogP contribution in [0.3, 0.4) is 0 Å². The van der Waals surface area contributed by atoms with Gasteiger partial charge >= 0.3 is 0 Å². The molecule has 0 atom stereocenters. The topological polar surface area (TPSA) is 27.0 Å². The molecule has 78 valence electrons. The van der Waals surface area contributed by atoms with Crippen LogP contribution in [-0.2, 0) is 6.54 Å². The van der Waals surface area contributed by atoms with Crippen molar-refractivity contribution in [2.75, 3.05) is 13.1 Å². The summed E-state index contributed by atoms with van der Waals surface area (Å²) in [7, 11) is 0. The monoisotopic (exact) mass is 220 g/mol. The van der Waals surface area contributed by atoms with Crippen LogP contribution >= 0.6 is 11.6 Å². The summed E-state index contributed by atoms with van der Waals surface area (Å²) in [5, 5.41) is 9.30. The third-order valence-electron chi connectivity index (χ3n) is 2.70. The van der Waals surface area contributed by atoms with E-state index in [0.29, 0.717) is 10.6 Å². The Morgan fingerprint density at radius 1 is 1.53 bits per heavy atom. The van der Waals surface area contributed by atoms with Gasteiger partial charge in [0.05, 0.1) is 10.6 Å². The summed E-state index contributed by atoms with van der Waals surface area (Å²) >= 11 is 5.96. The molecule has 0 spiro atoms. The molecule has 1 aromatic rings. The van der Waals surface area contributed by atoms with Crippen LogP contribution in [0.1, 0.15) is 18.1 Å². The first-order valence-corrected chi connectivity index (χ1v) is 5.47. The van der Waals surface area contributed by atoms with Gasteiger partial charge in [-0.3, -0.25) is 4.90 Å². The quantitative estimate of drug-likeness (QED) is 0.766. The molecule has 1 heterocycles. The highest BCUT2D eigenvalue weighted by Gasteiger charge is 2.22. The number of nitrogens with zero attached hydrogens (tertiary/aromatic N) is 2. The summed E-state index contributed by atoms with van der Waals surface area (Å²) in [4.78, 5) is 2.38. The van der Waals surface area contributed by atoms with Gasteiger partial charge in [-0.1, -0.05) is 24.6 Å². The van der Waals surface area contributed by atoms with Gasteiger partial charge in [0.25, 0.3) is 0 Å². The molecule has 2 rings (SSSR count). The van der Waals surface area contributed by atoms with E-state index in [1.165, 1.54) is 5.56 Å². The van der Waals surface area contributed by atoms with Gasteiger partial charge in [0, 0.05) is 19.6 Å². The van der Waals surface area contributed by atoms with Crippen molar-refractivity contribution in [1.29, 1.82) is 5.26 Å². The molecule has 1 fully saturated rings. The molecule has 0 aromatic heterocycles. The van der Waals surface area contributed by atoms with Crippen molar-refractivity contribution >= 4 is 11.6 Å². The minimum Gasteiger partial charge on any atom is -0.298 e. The highest BCUT2D eigenvalue weighted by atomic mass is 35.5. The second-order valence-electron chi connectivity index (χ2n) is 4.23. The van der Waals surface area contributed by atoms with Crippen molar-refractivity contribution in [3.05, 3.63) is 34.3 Å². The first-order valence-electron chi connectivity index (χ1n) is 5.10. The minimum atomic E-state index is 0.553. The number of halogens is 1. The lowest BCUT2D eigenvalue weighted by Gasteiger charge is -2.37. The average Bonchev–Trinajstić information content (AvgIpc) is 2.16. The van der Waals surface area contributed by atoms with Gasteiger partial charge in [-0.2, -0.15) is 5.26 Å². The van der Waals surface area contributed by atoms with Gasteiger partial charge in [0.2, 0.25) is 0 Å². The normalized spacial score (nSPS) is 17.1. The van der Waals surface area contributed by atoms with Crippen molar-refractivity contribution in [1.82, 2.24) is 4.90 Å². The molecule has 0 radical (unpaired) electrons. The van der Waals surface area contributed by atoms with E-state index in [4.69, 9.17) is 16.9 Å². The van der Waals surface area contributed by atoms with Crippen molar-refractivity contribution in [2.24, 2.45) is 5.92 Å². The van der Waals surface area contributed by atoms with E-state index in [1.807, 2.05) is 12.1 Å². The largest absolute Gasteiger partial charge is 0.298 e. The fourth-order valence-corrected chi connectivity index (χ4v) is 2.21. The molecule has 0 bridgehead atoms. The van der Waals surface area contributed by atoms with E-state index in [-0.39, 0.29) is 0 Å². The summed E-state index contributed by atoms with van der Waals surface area (Å²) < 4.78 is 0. The number of hydrogen-bond donors (Lipinski definition) is 0. The zero-order chi connectivity index (χ0) is 10.8. The number of hydrogen-bond acceptors (Lipinski definition) is 2. The van der Waals surface area contributed by atoms with Crippen LogP contribution < -0.4 is 0 Å². The van der Waals surface area contributed by atoms with Crippen LogP contribution in [0, 0.1) is 17.2 Å². The number of benzene rings is 1. The third kappa shape index (κ3) is 2.31. The molecule has 0 N–H and O–H groups in total. The second-order valence-corrected chi connectivity index (χ2v) is 4.63. The smallest absolute Gasteiger partial charge is 0.101 e. The standard InChI is InChI=1S/C12H13ClN2/c1-9-6-15(7-9)8-10-2-3-11(5-14)12(13)4-10/h2-4,9H,6-8H2,1H3. The number of nitriles is 1. The molecule has 0 unspecified atom stereocenters. The van der Waals surface area contributed by atoms with Gasteiger partial charge in [0.1, 0.15) is 6.07 Å². The van der Waals surface area contributed by atoms with E-state index < -0.39 is 0 Å². The van der Waals surface area contributed by atoms with Crippen molar-refractivity contribution in [2.45, 2.75) is 13.5 Å². The Bertz CT molecular complexity index is 403. The lowest BCUT2D eigenvalue weighted by molar-refractivity contribution is 0.105. The van der Waals surface area contributed by atoms with Crippen molar-refractivity contribution < 1.29 is 0 Å². The Balaban J connectivity index is 2.04. The van der Waals surface area contributed by atoms with Crippen LogP contribution in [0.4, 0.5) is 0 Å². The summed E-state index contributed by atoms with van der Waals surface area (Å²) in [6, 6.07) is 7.73. The molecular formula is C12H13ClN2. The fourth-order valence-electron chi connectivity index (χ4n) is 1.96. The van der Waals surface area contributed by atoms with Gasteiger partial charge in [-0.05, 0) is 23.6 Å². The first kappa shape index (κ1) is 10.5. The summed E-state index contributed by atoms with van der Waals surface area (Å²) in [6.45, 7) is 5.52. The third-order valence-corrected chi connectivity index (χ3v) is 3.01. The molecule has 1 aromatic carbocycles. The lowest BCUT2D eigenvalue weighted by Crippen LogP contribution is -2.44. The Labute approximate surface area is 95.1 Å². The van der Waals surface area contributed by atoms with Crippen LogP contribution in [-0.4, -0.2) is 18.0 Å². The lowest BCUT2D eigenvalue weighted by atomic mass is 10.0. The zero-order valence-corrected chi connectivity index (χ0v) is 9.46. The first-order chi connectivity index (χ1) is 7.19. The van der Waals surface area contributed by atoms with Gasteiger partial charge in [0.15, 0.2) is 0 Å². The van der Waals surface area contributed by atoms with Crippen molar-refractivity contribution in [3.8, 4) is 6.07 Å². The Morgan fingerprint density at radius 3 is 2.80 bits per heavy atom. The molecule has 0 aliphatic carbocycles. The maximum Gasteiger partial charge on any atom is 0.101 e. The predicted octanol–water partition coefficient (Wildman–Crippen LogP) is 2.66. The van der Waals surface area contributed by atoms with E-state index >= 15 is 0 Å². The van der Waals surface area contributed by atoms with E-state index in [1.54, 1.807) is 6.07 Å². The Kier molecular flexibility index (Phi) is 2.95. The highest BCUT2D eigenvalue weighted by Crippen LogP contribution is 2.21. The molecule has 0 saturated carbocycles. The maximum absolute atomic E-state index is 8.74. The molecule has 1 aliphatic heterocycles. The van der Waals surface area contributed by atoms with Crippen LogP contribution in [0.25, 0.3) is 0 Å². The molecule has 1 aliphatic rings. The number of rotatable bonds is 2. The summed E-state index contributed by atoms with van der Waals surface area (Å²) in [5.74, 6) is 0.818. The van der Waals surface area contributed by atoms with Crippen LogP contribution in [0.2, 0.25) is 5.02 Å². The van der Waals surface area contributed by atoms with E-state index in [0.717, 1.165) is 25.6 Å². The molecular weight excluding hydrogens is 208 g/mol. The second kappa shape index (κ2) is 4.22. The molecule has 3 heteroatoms. The SMILES string of the molecule is CC1CN(Cc2ccc(C#N)c(Cl)c2)C1.